The Morgan fingerprint density at radius 1 is 1.67 bits per heavy atom. The monoisotopic (exact) mass is 377 g/mol. The van der Waals surface area contributed by atoms with Gasteiger partial charge in [0.15, 0.2) is 0 Å². The second-order valence-electron chi connectivity index (χ2n) is 2.99. The minimum atomic E-state index is -0.0710. The van der Waals surface area contributed by atoms with Crippen molar-refractivity contribution in [3.05, 3.63) is 31.8 Å². The van der Waals surface area contributed by atoms with E-state index in [0.717, 1.165) is 8.04 Å². The highest BCUT2D eigenvalue weighted by molar-refractivity contribution is 14.1. The molecule has 0 bridgehead atoms. The molecule has 0 radical (unpaired) electrons. The Balaban J connectivity index is 3.01. The van der Waals surface area contributed by atoms with E-state index in [1.807, 2.05) is 18.2 Å². The lowest BCUT2D eigenvalue weighted by Gasteiger charge is -2.14. The number of terminal acetylenes is 1. The van der Waals surface area contributed by atoms with Gasteiger partial charge in [0.05, 0.1) is 12.1 Å². The molecule has 0 heterocycles. The molecule has 0 atom stereocenters. The van der Waals surface area contributed by atoms with Crippen molar-refractivity contribution in [1.29, 1.82) is 0 Å². The summed E-state index contributed by atoms with van der Waals surface area (Å²) < 4.78 is 1.81. The molecule has 0 fully saturated rings. The molecular formula is C11H9BrINO. The summed E-state index contributed by atoms with van der Waals surface area (Å²) in [4.78, 5) is 13.4. The van der Waals surface area contributed by atoms with E-state index in [4.69, 9.17) is 6.42 Å². The van der Waals surface area contributed by atoms with Crippen molar-refractivity contribution >= 4 is 44.4 Å². The predicted octanol–water partition coefficient (Wildman–Crippen LogP) is 2.76. The van der Waals surface area contributed by atoms with Crippen molar-refractivity contribution in [2.24, 2.45) is 0 Å². The minimum Gasteiger partial charge on any atom is -0.331 e. The minimum absolute atomic E-state index is 0.0710. The maximum atomic E-state index is 11.9. The van der Waals surface area contributed by atoms with Crippen LogP contribution in [0.4, 0.5) is 0 Å². The molecule has 1 aromatic rings. The molecule has 0 unspecified atom stereocenters. The summed E-state index contributed by atoms with van der Waals surface area (Å²) in [6.07, 6.45) is 5.16. The Bertz CT molecular complexity index is 425. The van der Waals surface area contributed by atoms with Gasteiger partial charge < -0.3 is 4.90 Å². The van der Waals surface area contributed by atoms with Crippen LogP contribution in [0.25, 0.3) is 0 Å². The normalized spacial score (nSPS) is 9.47. The Morgan fingerprint density at radius 3 is 2.93 bits per heavy atom. The van der Waals surface area contributed by atoms with E-state index in [9.17, 15) is 4.79 Å². The maximum Gasteiger partial charge on any atom is 0.255 e. The number of benzene rings is 1. The SMILES string of the molecule is C#CCN(C)C(=O)c1cc(I)ccc1Br. The number of nitrogens with zero attached hydrogens (tertiary/aromatic N) is 1. The predicted molar refractivity (Wildman–Crippen MR) is 72.7 cm³/mol. The number of halogens is 2. The van der Waals surface area contributed by atoms with Gasteiger partial charge in [-0.2, -0.15) is 0 Å². The first-order valence-electron chi connectivity index (χ1n) is 4.20. The highest BCUT2D eigenvalue weighted by atomic mass is 127. The summed E-state index contributed by atoms with van der Waals surface area (Å²) >= 11 is 5.52. The van der Waals surface area contributed by atoms with Gasteiger partial charge >= 0.3 is 0 Å². The van der Waals surface area contributed by atoms with E-state index < -0.39 is 0 Å². The smallest absolute Gasteiger partial charge is 0.255 e. The lowest BCUT2D eigenvalue weighted by atomic mass is 10.2. The van der Waals surface area contributed by atoms with Crippen LogP contribution in [-0.4, -0.2) is 24.4 Å². The number of rotatable bonds is 2. The largest absolute Gasteiger partial charge is 0.331 e. The summed E-state index contributed by atoms with van der Waals surface area (Å²) in [5.74, 6) is 2.37. The van der Waals surface area contributed by atoms with Crippen LogP contribution in [0.15, 0.2) is 22.7 Å². The maximum absolute atomic E-state index is 11.9. The van der Waals surface area contributed by atoms with E-state index >= 15 is 0 Å². The van der Waals surface area contributed by atoms with Gasteiger partial charge in [-0.3, -0.25) is 4.79 Å². The zero-order chi connectivity index (χ0) is 11.4. The quantitative estimate of drug-likeness (QED) is 0.573. The number of hydrogen-bond donors (Lipinski definition) is 0. The zero-order valence-corrected chi connectivity index (χ0v) is 11.9. The van der Waals surface area contributed by atoms with Crippen LogP contribution in [0.5, 0.6) is 0 Å². The summed E-state index contributed by atoms with van der Waals surface area (Å²) in [6.45, 7) is 0.316. The summed E-state index contributed by atoms with van der Waals surface area (Å²) in [7, 11) is 1.69. The van der Waals surface area contributed by atoms with Gasteiger partial charge in [0.25, 0.3) is 5.91 Å². The van der Waals surface area contributed by atoms with E-state index in [0.29, 0.717) is 12.1 Å². The average Bonchev–Trinajstić information content (AvgIpc) is 2.21. The number of amides is 1. The summed E-state index contributed by atoms with van der Waals surface area (Å²) in [6, 6.07) is 5.63. The molecular weight excluding hydrogens is 369 g/mol. The molecule has 0 aromatic heterocycles. The molecule has 2 nitrogen and oxygen atoms in total. The zero-order valence-electron chi connectivity index (χ0n) is 8.13. The standard InChI is InChI=1S/C11H9BrINO/c1-3-6-14(2)11(15)9-7-8(13)4-5-10(9)12/h1,4-5,7H,6H2,2H3. The highest BCUT2D eigenvalue weighted by Crippen LogP contribution is 2.20. The van der Waals surface area contributed by atoms with Crippen LogP contribution >= 0.6 is 38.5 Å². The van der Waals surface area contributed by atoms with Gasteiger partial charge in [0, 0.05) is 15.1 Å². The summed E-state index contributed by atoms with van der Waals surface area (Å²) in [5, 5.41) is 0. The van der Waals surface area contributed by atoms with Crippen LogP contribution in [0.1, 0.15) is 10.4 Å². The van der Waals surface area contributed by atoms with Crippen LogP contribution in [0, 0.1) is 15.9 Å². The number of hydrogen-bond acceptors (Lipinski definition) is 1. The van der Waals surface area contributed by atoms with E-state index in [1.165, 1.54) is 4.90 Å². The third-order valence-electron chi connectivity index (χ3n) is 1.83. The van der Waals surface area contributed by atoms with Gasteiger partial charge in [-0.15, -0.1) is 6.42 Å². The number of carbonyl (C=O) groups is 1. The average molecular weight is 378 g/mol. The molecule has 1 amide bonds. The van der Waals surface area contributed by atoms with Crippen molar-refractivity contribution < 1.29 is 4.79 Å². The molecule has 0 aliphatic heterocycles. The first kappa shape index (κ1) is 12.5. The molecule has 15 heavy (non-hydrogen) atoms. The molecule has 78 valence electrons. The van der Waals surface area contributed by atoms with Crippen LogP contribution in [0.2, 0.25) is 0 Å². The van der Waals surface area contributed by atoms with E-state index in [2.05, 4.69) is 44.4 Å². The summed E-state index contributed by atoms with van der Waals surface area (Å²) in [5.41, 5.74) is 0.639. The Kier molecular flexibility index (Phi) is 4.61. The van der Waals surface area contributed by atoms with Crippen molar-refractivity contribution in [3.63, 3.8) is 0 Å². The second kappa shape index (κ2) is 5.52. The molecule has 1 rings (SSSR count). The van der Waals surface area contributed by atoms with E-state index in [-0.39, 0.29) is 5.91 Å². The fraction of sp³-hybridized carbons (Fsp3) is 0.182. The fourth-order valence-electron chi connectivity index (χ4n) is 1.08. The third kappa shape index (κ3) is 3.21. The van der Waals surface area contributed by atoms with E-state index in [1.54, 1.807) is 7.05 Å². The number of carbonyl (C=O) groups excluding carboxylic acids is 1. The second-order valence-corrected chi connectivity index (χ2v) is 5.09. The van der Waals surface area contributed by atoms with Crippen molar-refractivity contribution in [1.82, 2.24) is 4.90 Å². The Hall–Kier alpha value is -0.540. The van der Waals surface area contributed by atoms with Crippen LogP contribution in [0.3, 0.4) is 0 Å². The van der Waals surface area contributed by atoms with Gasteiger partial charge in [0.1, 0.15) is 0 Å². The fourth-order valence-corrected chi connectivity index (χ4v) is 1.98. The first-order chi connectivity index (χ1) is 7.06. The van der Waals surface area contributed by atoms with Gasteiger partial charge in [-0.05, 0) is 56.7 Å². The van der Waals surface area contributed by atoms with Crippen LogP contribution < -0.4 is 0 Å². The highest BCUT2D eigenvalue weighted by Gasteiger charge is 2.14. The topological polar surface area (TPSA) is 20.3 Å². The van der Waals surface area contributed by atoms with Crippen LogP contribution in [-0.2, 0) is 0 Å². The van der Waals surface area contributed by atoms with Crippen molar-refractivity contribution in [3.8, 4) is 12.3 Å². The molecule has 4 heteroatoms. The molecule has 0 aliphatic carbocycles. The van der Waals surface area contributed by atoms with Crippen molar-refractivity contribution in [2.75, 3.05) is 13.6 Å². The van der Waals surface area contributed by atoms with Gasteiger partial charge in [-0.1, -0.05) is 5.92 Å². The van der Waals surface area contributed by atoms with Gasteiger partial charge in [-0.25, -0.2) is 0 Å². The molecule has 1 aromatic carbocycles. The third-order valence-corrected chi connectivity index (χ3v) is 3.20. The molecule has 0 spiro atoms. The Morgan fingerprint density at radius 2 is 2.33 bits per heavy atom. The Labute approximate surface area is 111 Å². The van der Waals surface area contributed by atoms with Gasteiger partial charge in [0.2, 0.25) is 0 Å². The molecule has 0 N–H and O–H groups in total. The lowest BCUT2D eigenvalue weighted by molar-refractivity contribution is 0.0811. The molecule has 0 saturated heterocycles. The van der Waals surface area contributed by atoms with Crippen molar-refractivity contribution in [2.45, 2.75) is 0 Å². The first-order valence-corrected chi connectivity index (χ1v) is 6.07. The molecule has 0 saturated carbocycles. The molecule has 0 aliphatic rings. The lowest BCUT2D eigenvalue weighted by Crippen LogP contribution is -2.27.